The Labute approximate surface area is 101 Å². The molecule has 4 nitrogen and oxygen atoms in total. The highest BCUT2D eigenvalue weighted by Crippen LogP contribution is 2.27. The molecule has 0 radical (unpaired) electrons. The van der Waals surface area contributed by atoms with Gasteiger partial charge in [0, 0.05) is 36.2 Å². The largest absolute Gasteiger partial charge is 0.381 e. The average molecular weight is 241 g/mol. The molecule has 1 N–H and O–H groups in total. The van der Waals surface area contributed by atoms with E-state index in [1.165, 1.54) is 11.5 Å². The summed E-state index contributed by atoms with van der Waals surface area (Å²) in [5, 5.41) is 4.28. The lowest BCUT2D eigenvalue weighted by molar-refractivity contribution is 0.0838. The highest BCUT2D eigenvalue weighted by molar-refractivity contribution is 7.09. The Morgan fingerprint density at radius 3 is 2.62 bits per heavy atom. The smallest absolute Gasteiger partial charge is 0.202 e. The van der Waals surface area contributed by atoms with Crippen LogP contribution in [0.1, 0.15) is 45.4 Å². The van der Waals surface area contributed by atoms with Gasteiger partial charge in [0.1, 0.15) is 5.82 Å². The van der Waals surface area contributed by atoms with Crippen LogP contribution in [0.25, 0.3) is 0 Å². The van der Waals surface area contributed by atoms with Crippen molar-refractivity contribution in [3.63, 3.8) is 0 Å². The summed E-state index contributed by atoms with van der Waals surface area (Å²) in [6, 6.07) is 0. The molecule has 5 heteroatoms. The van der Waals surface area contributed by atoms with Crippen molar-refractivity contribution in [1.82, 2.24) is 9.36 Å². The molecule has 1 aromatic heterocycles. The van der Waals surface area contributed by atoms with E-state index in [9.17, 15) is 0 Å². The van der Waals surface area contributed by atoms with Gasteiger partial charge in [-0.05, 0) is 33.6 Å². The van der Waals surface area contributed by atoms with Crippen LogP contribution in [0.4, 0.5) is 5.13 Å². The van der Waals surface area contributed by atoms with Crippen molar-refractivity contribution in [1.29, 1.82) is 0 Å². The summed E-state index contributed by atoms with van der Waals surface area (Å²) < 4.78 is 9.78. The number of ether oxygens (including phenoxy) is 1. The van der Waals surface area contributed by atoms with Gasteiger partial charge in [-0.2, -0.15) is 4.37 Å². The highest BCUT2D eigenvalue weighted by Gasteiger charge is 2.21. The Bertz CT molecular complexity index is 339. The van der Waals surface area contributed by atoms with Crippen LogP contribution in [0, 0.1) is 0 Å². The van der Waals surface area contributed by atoms with Gasteiger partial charge in [0.2, 0.25) is 5.13 Å². The Morgan fingerprint density at radius 1 is 1.31 bits per heavy atom. The molecule has 0 saturated carbocycles. The van der Waals surface area contributed by atoms with Crippen molar-refractivity contribution in [2.45, 2.75) is 45.1 Å². The lowest BCUT2D eigenvalue weighted by Crippen LogP contribution is -2.26. The highest BCUT2D eigenvalue weighted by atomic mass is 32.1. The Balaban J connectivity index is 2.01. The van der Waals surface area contributed by atoms with E-state index in [0.29, 0.717) is 5.92 Å². The van der Waals surface area contributed by atoms with E-state index in [-0.39, 0.29) is 5.54 Å². The van der Waals surface area contributed by atoms with E-state index in [1.54, 1.807) is 0 Å². The summed E-state index contributed by atoms with van der Waals surface area (Å²) in [7, 11) is 0. The predicted molar refractivity (Wildman–Crippen MR) is 66.1 cm³/mol. The maximum absolute atomic E-state index is 5.34. The molecule has 1 saturated heterocycles. The maximum Gasteiger partial charge on any atom is 0.202 e. The number of hydrogen-bond acceptors (Lipinski definition) is 5. The number of nitrogens with one attached hydrogen (secondary N) is 1. The molecule has 0 spiro atoms. The third kappa shape index (κ3) is 3.15. The topological polar surface area (TPSA) is 47.0 Å². The molecule has 1 aliphatic rings. The third-order valence-electron chi connectivity index (χ3n) is 2.51. The van der Waals surface area contributed by atoms with Crippen molar-refractivity contribution in [2.75, 3.05) is 18.5 Å². The average Bonchev–Trinajstić information content (AvgIpc) is 2.65. The van der Waals surface area contributed by atoms with E-state index in [1.807, 2.05) is 0 Å². The van der Waals surface area contributed by atoms with Gasteiger partial charge >= 0.3 is 0 Å². The van der Waals surface area contributed by atoms with Crippen LogP contribution in [0.5, 0.6) is 0 Å². The standard InChI is InChI=1S/C11H19N3OS/c1-11(2,3)13-10-12-9(14-16-10)8-4-6-15-7-5-8/h8H,4-7H2,1-3H3,(H,12,13,14). The van der Waals surface area contributed by atoms with Crippen molar-refractivity contribution in [3.8, 4) is 0 Å². The van der Waals surface area contributed by atoms with Crippen molar-refractivity contribution in [2.24, 2.45) is 0 Å². The number of anilines is 1. The Kier molecular flexibility index (Phi) is 3.44. The molecule has 0 bridgehead atoms. The molecule has 0 atom stereocenters. The Hall–Kier alpha value is -0.680. The van der Waals surface area contributed by atoms with E-state index >= 15 is 0 Å². The van der Waals surface area contributed by atoms with Gasteiger partial charge in [0.05, 0.1) is 0 Å². The first-order chi connectivity index (χ1) is 7.54. The zero-order valence-electron chi connectivity index (χ0n) is 10.1. The predicted octanol–water partition coefficient (Wildman–Crippen LogP) is 2.64. The van der Waals surface area contributed by atoms with Gasteiger partial charge in [-0.3, -0.25) is 0 Å². The van der Waals surface area contributed by atoms with Gasteiger partial charge in [-0.15, -0.1) is 0 Å². The summed E-state index contributed by atoms with van der Waals surface area (Å²) in [5.74, 6) is 1.47. The van der Waals surface area contributed by atoms with Gasteiger partial charge in [-0.1, -0.05) is 0 Å². The number of aromatic nitrogens is 2. The number of nitrogens with zero attached hydrogens (tertiary/aromatic N) is 2. The first-order valence-corrected chi connectivity index (χ1v) is 6.51. The van der Waals surface area contributed by atoms with E-state index in [2.05, 4.69) is 35.4 Å². The van der Waals surface area contributed by atoms with Gasteiger partial charge in [0.25, 0.3) is 0 Å². The first-order valence-electron chi connectivity index (χ1n) is 5.74. The van der Waals surface area contributed by atoms with E-state index in [0.717, 1.165) is 37.0 Å². The molecule has 0 aliphatic carbocycles. The van der Waals surface area contributed by atoms with Crippen LogP contribution in [0.15, 0.2) is 0 Å². The minimum absolute atomic E-state index is 0.0481. The molecule has 1 aliphatic heterocycles. The molecular weight excluding hydrogens is 222 g/mol. The quantitative estimate of drug-likeness (QED) is 0.864. The molecule has 90 valence electrons. The lowest BCUT2D eigenvalue weighted by Gasteiger charge is -2.20. The summed E-state index contributed by atoms with van der Waals surface area (Å²) in [4.78, 5) is 4.56. The molecule has 0 amide bonds. The number of hydrogen-bond donors (Lipinski definition) is 1. The number of rotatable bonds is 2. The van der Waals surface area contributed by atoms with Crippen molar-refractivity contribution < 1.29 is 4.74 Å². The van der Waals surface area contributed by atoms with Crippen LogP contribution in [-0.4, -0.2) is 28.1 Å². The molecule has 2 rings (SSSR count). The fraction of sp³-hybridized carbons (Fsp3) is 0.818. The maximum atomic E-state index is 5.34. The molecule has 2 heterocycles. The fourth-order valence-corrected chi connectivity index (χ4v) is 2.58. The zero-order chi connectivity index (χ0) is 11.6. The zero-order valence-corrected chi connectivity index (χ0v) is 10.9. The Morgan fingerprint density at radius 2 is 2.00 bits per heavy atom. The molecule has 16 heavy (non-hydrogen) atoms. The summed E-state index contributed by atoms with van der Waals surface area (Å²) in [6.45, 7) is 8.06. The second kappa shape index (κ2) is 4.67. The van der Waals surface area contributed by atoms with Crippen molar-refractivity contribution >= 4 is 16.7 Å². The SMILES string of the molecule is CC(C)(C)Nc1nc(C2CCOCC2)ns1. The van der Waals surface area contributed by atoms with Crippen LogP contribution >= 0.6 is 11.5 Å². The third-order valence-corrected chi connectivity index (χ3v) is 3.15. The van der Waals surface area contributed by atoms with Crippen molar-refractivity contribution in [3.05, 3.63) is 5.82 Å². The first kappa shape index (κ1) is 11.8. The monoisotopic (exact) mass is 241 g/mol. The minimum Gasteiger partial charge on any atom is -0.381 e. The van der Waals surface area contributed by atoms with Crippen LogP contribution in [0.2, 0.25) is 0 Å². The summed E-state index contributed by atoms with van der Waals surface area (Å²) >= 11 is 1.46. The van der Waals surface area contributed by atoms with Gasteiger partial charge in [0.15, 0.2) is 0 Å². The molecule has 0 unspecified atom stereocenters. The van der Waals surface area contributed by atoms with Crippen LogP contribution in [0.3, 0.4) is 0 Å². The van der Waals surface area contributed by atoms with E-state index < -0.39 is 0 Å². The second-order valence-corrected chi connectivity index (χ2v) is 5.97. The molecular formula is C11H19N3OS. The summed E-state index contributed by atoms with van der Waals surface area (Å²) in [6.07, 6.45) is 2.09. The minimum atomic E-state index is 0.0481. The lowest BCUT2D eigenvalue weighted by atomic mass is 10.00. The van der Waals surface area contributed by atoms with Crippen LogP contribution < -0.4 is 5.32 Å². The summed E-state index contributed by atoms with van der Waals surface area (Å²) in [5.41, 5.74) is 0.0481. The molecule has 0 aromatic carbocycles. The normalized spacial score (nSPS) is 18.7. The molecule has 1 aromatic rings. The van der Waals surface area contributed by atoms with Gasteiger partial charge < -0.3 is 10.1 Å². The fourth-order valence-electron chi connectivity index (χ4n) is 1.73. The van der Waals surface area contributed by atoms with E-state index in [4.69, 9.17) is 4.74 Å². The molecule has 1 fully saturated rings. The van der Waals surface area contributed by atoms with Gasteiger partial charge in [-0.25, -0.2) is 4.98 Å². The van der Waals surface area contributed by atoms with Crippen LogP contribution in [-0.2, 0) is 4.74 Å². The second-order valence-electron chi connectivity index (χ2n) is 5.22.